The SMILES string of the molecule is Cc1cc(C)cc(NC(=O)C(=S)NC2CCCCC2)c1. The minimum atomic E-state index is -0.212. The highest BCUT2D eigenvalue weighted by Crippen LogP contribution is 2.18. The molecule has 0 spiro atoms. The molecule has 1 amide bonds. The first-order valence-corrected chi connectivity index (χ1v) is 7.65. The second-order valence-corrected chi connectivity index (χ2v) is 6.05. The van der Waals surface area contributed by atoms with Crippen LogP contribution in [-0.4, -0.2) is 16.9 Å². The lowest BCUT2D eigenvalue weighted by Crippen LogP contribution is -2.41. The zero-order valence-corrected chi connectivity index (χ0v) is 13.0. The van der Waals surface area contributed by atoms with Crippen LogP contribution >= 0.6 is 12.2 Å². The van der Waals surface area contributed by atoms with E-state index in [1.807, 2.05) is 26.0 Å². The highest BCUT2D eigenvalue weighted by atomic mass is 32.1. The largest absolute Gasteiger partial charge is 0.369 e. The maximum Gasteiger partial charge on any atom is 0.283 e. The Morgan fingerprint density at radius 3 is 2.30 bits per heavy atom. The van der Waals surface area contributed by atoms with Gasteiger partial charge in [-0.2, -0.15) is 0 Å². The molecular weight excluding hydrogens is 268 g/mol. The number of nitrogens with one attached hydrogen (secondary N) is 2. The van der Waals surface area contributed by atoms with Gasteiger partial charge in [-0.15, -0.1) is 0 Å². The van der Waals surface area contributed by atoms with Gasteiger partial charge in [-0.3, -0.25) is 4.79 Å². The average molecular weight is 290 g/mol. The monoisotopic (exact) mass is 290 g/mol. The lowest BCUT2D eigenvalue weighted by Gasteiger charge is -2.23. The van der Waals surface area contributed by atoms with E-state index in [0.29, 0.717) is 11.0 Å². The normalized spacial score (nSPS) is 15.7. The van der Waals surface area contributed by atoms with Gasteiger partial charge < -0.3 is 10.6 Å². The topological polar surface area (TPSA) is 41.1 Å². The molecule has 0 radical (unpaired) electrons. The molecule has 1 aliphatic rings. The van der Waals surface area contributed by atoms with Crippen molar-refractivity contribution < 1.29 is 4.79 Å². The van der Waals surface area contributed by atoms with Crippen LogP contribution in [0.3, 0.4) is 0 Å². The molecule has 3 nitrogen and oxygen atoms in total. The highest BCUT2D eigenvalue weighted by molar-refractivity contribution is 7.82. The Morgan fingerprint density at radius 1 is 1.10 bits per heavy atom. The maximum absolute atomic E-state index is 12.1. The molecule has 0 unspecified atom stereocenters. The van der Waals surface area contributed by atoms with Crippen molar-refractivity contribution in [3.8, 4) is 0 Å². The summed E-state index contributed by atoms with van der Waals surface area (Å²) in [6.07, 6.45) is 5.95. The Labute approximate surface area is 126 Å². The maximum atomic E-state index is 12.1. The smallest absolute Gasteiger partial charge is 0.283 e. The van der Waals surface area contributed by atoms with Crippen molar-refractivity contribution in [3.63, 3.8) is 0 Å². The predicted octanol–water partition coefficient (Wildman–Crippen LogP) is 3.49. The number of rotatable bonds is 2. The van der Waals surface area contributed by atoms with Crippen LogP contribution in [0.2, 0.25) is 0 Å². The van der Waals surface area contributed by atoms with Crippen LogP contribution < -0.4 is 10.6 Å². The van der Waals surface area contributed by atoms with Gasteiger partial charge in [0.05, 0.1) is 0 Å². The van der Waals surface area contributed by atoms with Gasteiger partial charge in [-0.1, -0.05) is 37.5 Å². The molecule has 1 aliphatic carbocycles. The van der Waals surface area contributed by atoms with Crippen LogP contribution in [0.15, 0.2) is 18.2 Å². The van der Waals surface area contributed by atoms with Crippen molar-refractivity contribution in [3.05, 3.63) is 29.3 Å². The number of anilines is 1. The summed E-state index contributed by atoms with van der Waals surface area (Å²) in [6.45, 7) is 4.03. The summed E-state index contributed by atoms with van der Waals surface area (Å²) < 4.78 is 0. The van der Waals surface area contributed by atoms with Crippen molar-refractivity contribution in [2.45, 2.75) is 52.0 Å². The molecule has 0 bridgehead atoms. The summed E-state index contributed by atoms with van der Waals surface area (Å²) >= 11 is 5.20. The zero-order valence-electron chi connectivity index (χ0n) is 12.2. The molecule has 1 saturated carbocycles. The van der Waals surface area contributed by atoms with Gasteiger partial charge in [0.15, 0.2) is 4.99 Å². The van der Waals surface area contributed by atoms with Crippen LogP contribution in [0.4, 0.5) is 5.69 Å². The van der Waals surface area contributed by atoms with E-state index in [-0.39, 0.29) is 5.91 Å². The Balaban J connectivity index is 1.91. The Morgan fingerprint density at radius 2 is 1.70 bits per heavy atom. The van der Waals surface area contributed by atoms with Gasteiger partial charge in [-0.05, 0) is 49.9 Å². The number of hydrogen-bond acceptors (Lipinski definition) is 2. The summed E-state index contributed by atoms with van der Waals surface area (Å²) in [5.74, 6) is -0.212. The Kier molecular flexibility index (Phi) is 5.12. The number of aryl methyl sites for hydroxylation is 2. The molecule has 1 fully saturated rings. The third kappa shape index (κ3) is 4.30. The molecule has 4 heteroatoms. The van der Waals surface area contributed by atoms with Crippen molar-refractivity contribution in [2.75, 3.05) is 5.32 Å². The molecule has 108 valence electrons. The predicted molar refractivity (Wildman–Crippen MR) is 87.2 cm³/mol. The van der Waals surface area contributed by atoms with Gasteiger partial charge in [0.25, 0.3) is 5.91 Å². The second-order valence-electron chi connectivity index (χ2n) is 5.64. The van der Waals surface area contributed by atoms with Gasteiger partial charge in [-0.25, -0.2) is 0 Å². The summed E-state index contributed by atoms with van der Waals surface area (Å²) in [6, 6.07) is 6.34. The van der Waals surface area contributed by atoms with Crippen molar-refractivity contribution >= 4 is 28.8 Å². The first-order chi connectivity index (χ1) is 9.54. The Bertz CT molecular complexity index is 487. The number of hydrogen-bond donors (Lipinski definition) is 2. The van der Waals surface area contributed by atoms with Gasteiger partial charge >= 0.3 is 0 Å². The second kappa shape index (κ2) is 6.84. The van der Waals surface area contributed by atoms with Crippen molar-refractivity contribution in [1.29, 1.82) is 0 Å². The fourth-order valence-corrected chi connectivity index (χ4v) is 2.95. The highest BCUT2D eigenvalue weighted by Gasteiger charge is 2.17. The van der Waals surface area contributed by atoms with Crippen LogP contribution in [0.5, 0.6) is 0 Å². The number of carbonyl (C=O) groups excluding carboxylic acids is 1. The number of carbonyl (C=O) groups is 1. The third-order valence-corrected chi connectivity index (χ3v) is 3.93. The Hall–Kier alpha value is -1.42. The quantitative estimate of drug-likeness (QED) is 0.819. The number of amides is 1. The molecule has 0 aromatic heterocycles. The van der Waals surface area contributed by atoms with E-state index in [4.69, 9.17) is 12.2 Å². The summed E-state index contributed by atoms with van der Waals surface area (Å²) in [4.78, 5) is 12.4. The molecule has 0 saturated heterocycles. The summed E-state index contributed by atoms with van der Waals surface area (Å²) in [7, 11) is 0. The van der Waals surface area contributed by atoms with Crippen LogP contribution in [0.25, 0.3) is 0 Å². The van der Waals surface area contributed by atoms with Crippen LogP contribution in [-0.2, 0) is 4.79 Å². The fraction of sp³-hybridized carbons (Fsp3) is 0.500. The van der Waals surface area contributed by atoms with E-state index in [0.717, 1.165) is 29.7 Å². The molecule has 0 atom stereocenters. The van der Waals surface area contributed by atoms with E-state index >= 15 is 0 Å². The van der Waals surface area contributed by atoms with E-state index in [9.17, 15) is 4.79 Å². The minimum Gasteiger partial charge on any atom is -0.369 e. The van der Waals surface area contributed by atoms with E-state index < -0.39 is 0 Å². The molecule has 2 N–H and O–H groups in total. The standard InChI is InChI=1S/C16H22N2OS/c1-11-8-12(2)10-14(9-11)17-15(19)16(20)18-13-6-4-3-5-7-13/h8-10,13H,3-7H2,1-2H3,(H,17,19)(H,18,20). The van der Waals surface area contributed by atoms with E-state index in [1.54, 1.807) is 0 Å². The van der Waals surface area contributed by atoms with Crippen LogP contribution in [0.1, 0.15) is 43.2 Å². The van der Waals surface area contributed by atoms with Gasteiger partial charge in [0.1, 0.15) is 0 Å². The molecule has 1 aromatic carbocycles. The third-order valence-electron chi connectivity index (χ3n) is 3.63. The fourth-order valence-electron chi connectivity index (χ4n) is 2.73. The first kappa shape index (κ1) is 15.0. The van der Waals surface area contributed by atoms with Gasteiger partial charge in [0, 0.05) is 11.7 Å². The molecule has 0 heterocycles. The number of thiocarbonyl (C=S) groups is 1. The molecular formula is C16H22N2OS. The number of benzene rings is 1. The zero-order chi connectivity index (χ0) is 14.5. The summed E-state index contributed by atoms with van der Waals surface area (Å²) in [5, 5.41) is 6.06. The van der Waals surface area contributed by atoms with Gasteiger partial charge in [0.2, 0.25) is 0 Å². The van der Waals surface area contributed by atoms with E-state index in [2.05, 4.69) is 16.7 Å². The molecule has 1 aromatic rings. The summed E-state index contributed by atoms with van der Waals surface area (Å²) in [5.41, 5.74) is 3.07. The molecule has 0 aliphatic heterocycles. The minimum absolute atomic E-state index is 0.212. The van der Waals surface area contributed by atoms with Crippen molar-refractivity contribution in [1.82, 2.24) is 5.32 Å². The van der Waals surface area contributed by atoms with E-state index in [1.165, 1.54) is 19.3 Å². The lowest BCUT2D eigenvalue weighted by atomic mass is 9.95. The lowest BCUT2D eigenvalue weighted by molar-refractivity contribution is -0.110. The first-order valence-electron chi connectivity index (χ1n) is 7.25. The average Bonchev–Trinajstić information content (AvgIpc) is 2.38. The molecule has 20 heavy (non-hydrogen) atoms. The molecule has 2 rings (SSSR count). The van der Waals surface area contributed by atoms with Crippen molar-refractivity contribution in [2.24, 2.45) is 0 Å². The van der Waals surface area contributed by atoms with Crippen LogP contribution in [0, 0.1) is 13.8 Å².